The van der Waals surface area contributed by atoms with Crippen LogP contribution in [0.15, 0.2) is 53.9 Å². The van der Waals surface area contributed by atoms with Crippen LogP contribution in [0.5, 0.6) is 11.5 Å². The second kappa shape index (κ2) is 8.57. The van der Waals surface area contributed by atoms with E-state index in [4.69, 9.17) is 14.2 Å². The fourth-order valence-electron chi connectivity index (χ4n) is 3.31. The maximum Gasteiger partial charge on any atom is 0.342 e. The number of rotatable bonds is 6. The summed E-state index contributed by atoms with van der Waals surface area (Å²) in [6.07, 6.45) is 0. The molecule has 8 heteroatoms. The van der Waals surface area contributed by atoms with Gasteiger partial charge in [0.2, 0.25) is 5.78 Å². The monoisotopic (exact) mass is 407 g/mol. The summed E-state index contributed by atoms with van der Waals surface area (Å²) < 4.78 is 15.5. The first-order chi connectivity index (χ1) is 14.4. The van der Waals surface area contributed by atoms with Gasteiger partial charge in [-0.05, 0) is 24.3 Å². The Morgan fingerprint density at radius 2 is 1.63 bits per heavy atom. The lowest BCUT2D eigenvalue weighted by atomic mass is 10.1. The van der Waals surface area contributed by atoms with Gasteiger partial charge in [-0.1, -0.05) is 12.1 Å². The zero-order valence-corrected chi connectivity index (χ0v) is 17.1. The highest BCUT2D eigenvalue weighted by atomic mass is 16.5. The van der Waals surface area contributed by atoms with Crippen LogP contribution >= 0.6 is 0 Å². The van der Waals surface area contributed by atoms with Crippen molar-refractivity contribution in [3.63, 3.8) is 0 Å². The Morgan fingerprint density at radius 1 is 1.00 bits per heavy atom. The summed E-state index contributed by atoms with van der Waals surface area (Å²) in [5.41, 5.74) is 1.80. The largest absolute Gasteiger partial charge is 0.497 e. The average Bonchev–Trinajstić information content (AvgIpc) is 3.03. The molecule has 0 aromatic heterocycles. The molecule has 154 valence electrons. The Bertz CT molecular complexity index is 1040. The van der Waals surface area contributed by atoms with E-state index in [0.29, 0.717) is 11.6 Å². The van der Waals surface area contributed by atoms with Crippen LogP contribution in [-0.2, 0) is 9.53 Å². The lowest BCUT2D eigenvalue weighted by molar-refractivity contribution is -0.118. The maximum atomic E-state index is 12.7. The van der Waals surface area contributed by atoms with E-state index in [1.165, 1.54) is 20.3 Å². The summed E-state index contributed by atoms with van der Waals surface area (Å²) in [5, 5.41) is 9.64. The molecule has 1 heterocycles. The minimum Gasteiger partial charge on any atom is -0.497 e. The molecule has 0 radical (unpaired) electrons. The molecular weight excluding hydrogens is 386 g/mol. The lowest BCUT2D eigenvalue weighted by Crippen LogP contribution is -2.27. The normalized spacial score (nSPS) is 12.2. The van der Waals surface area contributed by atoms with Gasteiger partial charge in [-0.25, -0.2) is 4.79 Å². The van der Waals surface area contributed by atoms with E-state index in [1.54, 1.807) is 36.0 Å². The van der Waals surface area contributed by atoms with Gasteiger partial charge in [-0.15, -0.1) is 0 Å². The van der Waals surface area contributed by atoms with Crippen molar-refractivity contribution in [3.8, 4) is 17.6 Å². The molecule has 1 aliphatic rings. The second-order valence-electron chi connectivity index (χ2n) is 6.48. The topological polar surface area (TPSA) is 92.1 Å². The molecule has 1 aliphatic heterocycles. The van der Waals surface area contributed by atoms with Gasteiger partial charge in [0.25, 0.3) is 0 Å². The van der Waals surface area contributed by atoms with Crippen LogP contribution in [0.1, 0.15) is 10.4 Å². The number of para-hydroxylation sites is 2. The number of fused-ring (bicyclic) bond motifs is 1. The molecule has 0 saturated heterocycles. The number of hydrogen-bond acceptors (Lipinski definition) is 8. The molecule has 3 rings (SSSR count). The Morgan fingerprint density at radius 3 is 2.17 bits per heavy atom. The van der Waals surface area contributed by atoms with E-state index in [0.717, 1.165) is 11.4 Å². The van der Waals surface area contributed by atoms with Crippen molar-refractivity contribution in [2.75, 3.05) is 44.7 Å². The van der Waals surface area contributed by atoms with Crippen LogP contribution in [0.3, 0.4) is 0 Å². The number of benzene rings is 2. The van der Waals surface area contributed by atoms with Crippen molar-refractivity contribution in [3.05, 3.63) is 59.4 Å². The molecule has 0 saturated carbocycles. The highest BCUT2D eigenvalue weighted by Crippen LogP contribution is 2.40. The first-order valence-electron chi connectivity index (χ1n) is 9.06. The van der Waals surface area contributed by atoms with E-state index in [-0.39, 0.29) is 16.9 Å². The second-order valence-corrected chi connectivity index (χ2v) is 6.48. The summed E-state index contributed by atoms with van der Waals surface area (Å²) in [4.78, 5) is 28.7. The summed E-state index contributed by atoms with van der Waals surface area (Å²) >= 11 is 0. The van der Waals surface area contributed by atoms with Gasteiger partial charge in [0.15, 0.2) is 6.61 Å². The van der Waals surface area contributed by atoms with Crippen molar-refractivity contribution in [1.82, 2.24) is 0 Å². The predicted octanol–water partition coefficient (Wildman–Crippen LogP) is 2.75. The SMILES string of the molecule is COc1ccc(C(=O)OCC(=O)C(C#N)=C2N(C)c3ccccc3N2C)c(OC)c1. The molecule has 2 aromatic carbocycles. The van der Waals surface area contributed by atoms with Crippen molar-refractivity contribution in [1.29, 1.82) is 5.26 Å². The molecule has 0 unspecified atom stereocenters. The highest BCUT2D eigenvalue weighted by Gasteiger charge is 2.31. The van der Waals surface area contributed by atoms with Crippen molar-refractivity contribution in [2.45, 2.75) is 0 Å². The molecule has 0 aliphatic carbocycles. The number of nitriles is 1. The van der Waals surface area contributed by atoms with Crippen molar-refractivity contribution >= 4 is 23.1 Å². The highest BCUT2D eigenvalue weighted by molar-refractivity contribution is 6.04. The van der Waals surface area contributed by atoms with Gasteiger partial charge in [-0.2, -0.15) is 5.26 Å². The van der Waals surface area contributed by atoms with E-state index in [9.17, 15) is 14.9 Å². The number of nitrogens with zero attached hydrogens (tertiary/aromatic N) is 3. The Balaban J connectivity index is 1.80. The summed E-state index contributed by atoms with van der Waals surface area (Å²) in [7, 11) is 6.46. The number of carbonyl (C=O) groups is 2. The smallest absolute Gasteiger partial charge is 0.342 e. The van der Waals surface area contributed by atoms with Crippen LogP contribution < -0.4 is 19.3 Å². The number of esters is 1. The lowest BCUT2D eigenvalue weighted by Gasteiger charge is -2.19. The predicted molar refractivity (Wildman–Crippen MR) is 111 cm³/mol. The minimum atomic E-state index is -0.735. The Labute approximate surface area is 174 Å². The molecule has 0 fully saturated rings. The number of Topliss-reactive ketones (excluding diaryl/α,β-unsaturated/α-hetero) is 1. The first-order valence-corrected chi connectivity index (χ1v) is 9.06. The zero-order valence-electron chi connectivity index (χ0n) is 17.1. The summed E-state index contributed by atoms with van der Waals surface area (Å²) in [5.74, 6) is -0.123. The van der Waals surface area contributed by atoms with Crippen molar-refractivity contribution in [2.24, 2.45) is 0 Å². The number of ketones is 1. The molecule has 30 heavy (non-hydrogen) atoms. The third kappa shape index (κ3) is 3.65. The quantitative estimate of drug-likeness (QED) is 0.410. The number of anilines is 2. The van der Waals surface area contributed by atoms with Gasteiger partial charge in [0.05, 0.1) is 25.6 Å². The third-order valence-corrected chi connectivity index (χ3v) is 4.82. The molecule has 2 aromatic rings. The van der Waals surface area contributed by atoms with Crippen LogP contribution in [-0.4, -0.2) is 46.7 Å². The average molecular weight is 407 g/mol. The van der Waals surface area contributed by atoms with Gasteiger partial charge in [0.1, 0.15) is 34.5 Å². The van der Waals surface area contributed by atoms with Crippen LogP contribution in [0.2, 0.25) is 0 Å². The minimum absolute atomic E-state index is 0.0919. The van der Waals surface area contributed by atoms with E-state index in [1.807, 2.05) is 30.3 Å². The van der Waals surface area contributed by atoms with Gasteiger partial charge in [0, 0.05) is 20.2 Å². The summed E-state index contributed by atoms with van der Waals surface area (Å²) in [6, 6.07) is 14.1. The van der Waals surface area contributed by atoms with Gasteiger partial charge >= 0.3 is 5.97 Å². The first kappa shape index (κ1) is 20.7. The van der Waals surface area contributed by atoms with Crippen LogP contribution in [0.4, 0.5) is 11.4 Å². The number of hydrogen-bond donors (Lipinski definition) is 0. The van der Waals surface area contributed by atoms with Crippen LogP contribution in [0.25, 0.3) is 0 Å². The number of ether oxygens (including phenoxy) is 3. The fourth-order valence-corrected chi connectivity index (χ4v) is 3.31. The fraction of sp³-hybridized carbons (Fsp3) is 0.227. The Hall–Kier alpha value is -3.99. The molecule has 0 bridgehead atoms. The van der Waals surface area contributed by atoms with Gasteiger partial charge in [-0.3, -0.25) is 4.79 Å². The molecule has 8 nitrogen and oxygen atoms in total. The maximum absolute atomic E-state index is 12.7. The van der Waals surface area contributed by atoms with Crippen molar-refractivity contribution < 1.29 is 23.8 Å². The van der Waals surface area contributed by atoms with E-state index < -0.39 is 18.4 Å². The third-order valence-electron chi connectivity index (χ3n) is 4.82. The molecular formula is C22H21N3O5. The molecule has 0 N–H and O–H groups in total. The zero-order chi connectivity index (χ0) is 21.8. The number of carbonyl (C=O) groups excluding carboxylic acids is 2. The molecule has 0 spiro atoms. The summed E-state index contributed by atoms with van der Waals surface area (Å²) in [6.45, 7) is -0.571. The molecule has 0 atom stereocenters. The molecule has 0 amide bonds. The van der Waals surface area contributed by atoms with Gasteiger partial charge < -0.3 is 24.0 Å². The van der Waals surface area contributed by atoms with E-state index in [2.05, 4.69) is 0 Å². The Kier molecular flexibility index (Phi) is 5.93. The standard InChI is InChI=1S/C22H21N3O5/c1-24-17-7-5-6-8-18(17)25(2)21(24)16(12-23)19(26)13-30-22(27)15-10-9-14(28-3)11-20(15)29-4/h5-11H,13H2,1-4H3. The van der Waals surface area contributed by atoms with Crippen LogP contribution in [0, 0.1) is 11.3 Å². The van der Waals surface area contributed by atoms with E-state index >= 15 is 0 Å². The number of methoxy groups -OCH3 is 2.